The number of hydrogen-bond acceptors (Lipinski definition) is 4. The third kappa shape index (κ3) is 4.54. The molecule has 0 radical (unpaired) electrons. The topological polar surface area (TPSA) is 71.1 Å². The van der Waals surface area contributed by atoms with Gasteiger partial charge in [-0.15, -0.1) is 0 Å². The summed E-state index contributed by atoms with van der Waals surface area (Å²) in [5, 5.41) is 2.92. The lowest BCUT2D eigenvalue weighted by Gasteiger charge is -2.35. The van der Waals surface area contributed by atoms with Crippen LogP contribution in [-0.2, 0) is 6.54 Å². The predicted octanol–water partition coefficient (Wildman–Crippen LogP) is 2.37. The second-order valence-corrected chi connectivity index (χ2v) is 6.49. The Labute approximate surface area is 164 Å². The number of carbonyl (C=O) groups is 2. The van der Waals surface area contributed by atoms with Crippen molar-refractivity contribution in [2.75, 3.05) is 40.4 Å². The number of nitrogens with zero attached hydrogens (tertiary/aromatic N) is 2. The molecule has 0 aliphatic carbocycles. The van der Waals surface area contributed by atoms with Crippen LogP contribution < -0.4 is 14.8 Å². The molecule has 0 aromatic heterocycles. The summed E-state index contributed by atoms with van der Waals surface area (Å²) < 4.78 is 10.5. The summed E-state index contributed by atoms with van der Waals surface area (Å²) in [6.45, 7) is 2.43. The first kappa shape index (κ1) is 19.5. The van der Waals surface area contributed by atoms with Crippen molar-refractivity contribution >= 4 is 11.9 Å². The Morgan fingerprint density at radius 2 is 1.61 bits per heavy atom. The first-order chi connectivity index (χ1) is 13.6. The van der Waals surface area contributed by atoms with E-state index in [2.05, 4.69) is 5.32 Å². The first-order valence-electron chi connectivity index (χ1n) is 9.20. The lowest BCUT2D eigenvalue weighted by molar-refractivity contribution is 0.0661. The van der Waals surface area contributed by atoms with Crippen molar-refractivity contribution in [3.8, 4) is 11.5 Å². The molecule has 1 aliphatic heterocycles. The molecule has 1 heterocycles. The van der Waals surface area contributed by atoms with E-state index in [0.717, 1.165) is 5.56 Å². The highest BCUT2D eigenvalue weighted by Crippen LogP contribution is 2.26. The van der Waals surface area contributed by atoms with Crippen molar-refractivity contribution in [2.24, 2.45) is 0 Å². The van der Waals surface area contributed by atoms with Gasteiger partial charge in [0.15, 0.2) is 0 Å². The highest BCUT2D eigenvalue weighted by Gasteiger charge is 2.26. The van der Waals surface area contributed by atoms with Crippen LogP contribution in [0.5, 0.6) is 11.5 Å². The number of piperazine rings is 1. The zero-order chi connectivity index (χ0) is 19.9. The van der Waals surface area contributed by atoms with Crippen LogP contribution in [0.25, 0.3) is 0 Å². The molecule has 0 bridgehead atoms. The third-order valence-corrected chi connectivity index (χ3v) is 4.78. The fourth-order valence-electron chi connectivity index (χ4n) is 3.14. The molecule has 1 saturated heterocycles. The Kier molecular flexibility index (Phi) is 6.37. The van der Waals surface area contributed by atoms with Crippen LogP contribution in [0.2, 0.25) is 0 Å². The molecule has 0 saturated carbocycles. The molecule has 0 unspecified atom stereocenters. The van der Waals surface area contributed by atoms with Gasteiger partial charge < -0.3 is 24.6 Å². The summed E-state index contributed by atoms with van der Waals surface area (Å²) in [4.78, 5) is 28.7. The maximum absolute atomic E-state index is 12.9. The summed E-state index contributed by atoms with van der Waals surface area (Å²) in [6, 6.07) is 14.8. The quantitative estimate of drug-likeness (QED) is 0.861. The molecule has 3 rings (SSSR count). The van der Waals surface area contributed by atoms with E-state index >= 15 is 0 Å². The van der Waals surface area contributed by atoms with Crippen LogP contribution in [0.4, 0.5) is 4.79 Å². The van der Waals surface area contributed by atoms with Crippen molar-refractivity contribution in [1.82, 2.24) is 15.1 Å². The second-order valence-electron chi connectivity index (χ2n) is 6.49. The minimum absolute atomic E-state index is 0.108. The van der Waals surface area contributed by atoms with Crippen LogP contribution in [0.15, 0.2) is 48.5 Å². The third-order valence-electron chi connectivity index (χ3n) is 4.78. The first-order valence-corrected chi connectivity index (χ1v) is 9.20. The Morgan fingerprint density at radius 3 is 2.25 bits per heavy atom. The minimum Gasteiger partial charge on any atom is -0.497 e. The zero-order valence-corrected chi connectivity index (χ0v) is 16.2. The van der Waals surface area contributed by atoms with Gasteiger partial charge in [-0.2, -0.15) is 0 Å². The van der Waals surface area contributed by atoms with Gasteiger partial charge in [0.2, 0.25) is 0 Å². The number of methoxy groups -OCH3 is 2. The summed E-state index contributed by atoms with van der Waals surface area (Å²) in [7, 11) is 3.10. The Morgan fingerprint density at radius 1 is 0.929 bits per heavy atom. The van der Waals surface area contributed by atoms with Crippen molar-refractivity contribution in [3.63, 3.8) is 0 Å². The normalized spacial score (nSPS) is 13.8. The van der Waals surface area contributed by atoms with E-state index in [1.165, 1.54) is 7.11 Å². The molecule has 28 heavy (non-hydrogen) atoms. The molecular weight excluding hydrogens is 358 g/mol. The molecular formula is C21H25N3O4. The molecule has 2 aromatic rings. The van der Waals surface area contributed by atoms with Gasteiger partial charge in [-0.1, -0.05) is 30.3 Å². The molecule has 3 amide bonds. The number of nitrogens with one attached hydrogen (secondary N) is 1. The molecule has 148 valence electrons. The Bertz CT molecular complexity index is 818. The van der Waals surface area contributed by atoms with Gasteiger partial charge in [-0.25, -0.2) is 4.79 Å². The highest BCUT2D eigenvalue weighted by molar-refractivity contribution is 5.97. The molecule has 1 aliphatic rings. The number of amides is 3. The van der Waals surface area contributed by atoms with Gasteiger partial charge in [0.25, 0.3) is 5.91 Å². The average molecular weight is 383 g/mol. The SMILES string of the molecule is COc1ccc(C(=O)N2CCN(C(=O)NCc3ccccc3)CC2)c(OC)c1. The van der Waals surface area contributed by atoms with Crippen molar-refractivity contribution in [3.05, 3.63) is 59.7 Å². The van der Waals surface area contributed by atoms with E-state index in [1.807, 2.05) is 30.3 Å². The average Bonchev–Trinajstić information content (AvgIpc) is 2.77. The fraction of sp³-hybridized carbons (Fsp3) is 0.333. The van der Waals surface area contributed by atoms with E-state index in [0.29, 0.717) is 49.8 Å². The largest absolute Gasteiger partial charge is 0.497 e. The standard InChI is InChI=1S/C21H25N3O4/c1-27-17-8-9-18(19(14-17)28-2)20(25)23-10-12-24(13-11-23)21(26)22-15-16-6-4-3-5-7-16/h3-9,14H,10-13,15H2,1-2H3,(H,22,26). The van der Waals surface area contributed by atoms with Crippen LogP contribution in [0.1, 0.15) is 15.9 Å². The molecule has 0 atom stereocenters. The number of carbonyl (C=O) groups excluding carboxylic acids is 2. The van der Waals surface area contributed by atoms with E-state index < -0.39 is 0 Å². The monoisotopic (exact) mass is 383 g/mol. The van der Waals surface area contributed by atoms with Gasteiger partial charge in [0.05, 0.1) is 19.8 Å². The van der Waals surface area contributed by atoms with Crippen LogP contribution >= 0.6 is 0 Å². The number of benzene rings is 2. The van der Waals surface area contributed by atoms with Crippen LogP contribution in [0.3, 0.4) is 0 Å². The van der Waals surface area contributed by atoms with E-state index in [4.69, 9.17) is 9.47 Å². The van der Waals surface area contributed by atoms with Gasteiger partial charge in [0, 0.05) is 38.8 Å². The summed E-state index contributed by atoms with van der Waals surface area (Å²) in [5.41, 5.74) is 1.54. The van der Waals surface area contributed by atoms with Crippen molar-refractivity contribution in [2.45, 2.75) is 6.54 Å². The minimum atomic E-state index is -0.113. The summed E-state index contributed by atoms with van der Waals surface area (Å²) >= 11 is 0. The molecule has 0 spiro atoms. The smallest absolute Gasteiger partial charge is 0.317 e. The van der Waals surface area contributed by atoms with E-state index in [9.17, 15) is 9.59 Å². The summed E-state index contributed by atoms with van der Waals surface area (Å²) in [6.07, 6.45) is 0. The zero-order valence-electron chi connectivity index (χ0n) is 16.2. The number of hydrogen-bond donors (Lipinski definition) is 1. The lowest BCUT2D eigenvalue weighted by atomic mass is 10.1. The van der Waals surface area contributed by atoms with E-state index in [1.54, 1.807) is 35.1 Å². The molecule has 1 N–H and O–H groups in total. The number of ether oxygens (including phenoxy) is 2. The Hall–Kier alpha value is -3.22. The molecule has 7 heteroatoms. The van der Waals surface area contributed by atoms with Crippen molar-refractivity contribution < 1.29 is 19.1 Å². The van der Waals surface area contributed by atoms with Crippen LogP contribution in [0, 0.1) is 0 Å². The highest BCUT2D eigenvalue weighted by atomic mass is 16.5. The predicted molar refractivity (Wildman–Crippen MR) is 106 cm³/mol. The second kappa shape index (κ2) is 9.12. The number of urea groups is 1. The molecule has 7 nitrogen and oxygen atoms in total. The maximum Gasteiger partial charge on any atom is 0.317 e. The Balaban J connectivity index is 1.54. The maximum atomic E-state index is 12.9. The number of rotatable bonds is 5. The van der Waals surface area contributed by atoms with Gasteiger partial charge in [-0.05, 0) is 17.7 Å². The van der Waals surface area contributed by atoms with Crippen LogP contribution in [-0.4, -0.2) is 62.1 Å². The molecule has 1 fully saturated rings. The van der Waals surface area contributed by atoms with E-state index in [-0.39, 0.29) is 11.9 Å². The van der Waals surface area contributed by atoms with Gasteiger partial charge in [-0.3, -0.25) is 4.79 Å². The van der Waals surface area contributed by atoms with Gasteiger partial charge >= 0.3 is 6.03 Å². The molecule has 2 aromatic carbocycles. The summed E-state index contributed by atoms with van der Waals surface area (Å²) in [5.74, 6) is 1.00. The van der Waals surface area contributed by atoms with Gasteiger partial charge in [0.1, 0.15) is 11.5 Å². The lowest BCUT2D eigenvalue weighted by Crippen LogP contribution is -2.53. The fourth-order valence-corrected chi connectivity index (χ4v) is 3.14. The van der Waals surface area contributed by atoms with Crippen molar-refractivity contribution in [1.29, 1.82) is 0 Å².